The molecule has 3 nitrogen and oxygen atoms in total. The number of hydrogen-bond acceptors (Lipinski definition) is 2. The number of hydrogen-bond donors (Lipinski definition) is 2. The molecule has 15 heavy (non-hydrogen) atoms. The third-order valence-electron chi connectivity index (χ3n) is 2.38. The van der Waals surface area contributed by atoms with Gasteiger partial charge in [-0.1, -0.05) is 39.0 Å². The summed E-state index contributed by atoms with van der Waals surface area (Å²) in [5.41, 5.74) is 0. The first-order valence-electron chi connectivity index (χ1n) is 5.61. The van der Waals surface area contributed by atoms with Crippen LogP contribution in [0.15, 0.2) is 0 Å². The van der Waals surface area contributed by atoms with Gasteiger partial charge in [-0.05, 0) is 6.42 Å². The highest BCUT2D eigenvalue weighted by Gasteiger charge is 2.18. The Hall–Kier alpha value is -0.280. The molecular formula is C11H21ClO3. The van der Waals surface area contributed by atoms with Gasteiger partial charge in [0.2, 0.25) is 0 Å². The zero-order chi connectivity index (χ0) is 11.7. The highest BCUT2D eigenvalue weighted by molar-refractivity contribution is 6.21. The molecule has 0 bridgehead atoms. The fourth-order valence-corrected chi connectivity index (χ4v) is 1.69. The molecule has 0 saturated heterocycles. The fraction of sp³-hybridized carbons (Fsp3) is 0.909. The Balaban J connectivity index is 3.46. The van der Waals surface area contributed by atoms with E-state index in [1.807, 2.05) is 0 Å². The van der Waals surface area contributed by atoms with E-state index in [2.05, 4.69) is 6.92 Å². The average Bonchev–Trinajstić information content (AvgIpc) is 2.16. The topological polar surface area (TPSA) is 57.5 Å². The summed E-state index contributed by atoms with van der Waals surface area (Å²) in [4.78, 5) is 10.3. The first-order chi connectivity index (χ1) is 7.07. The van der Waals surface area contributed by atoms with Crippen molar-refractivity contribution < 1.29 is 15.0 Å². The molecule has 0 rings (SSSR count). The van der Waals surface area contributed by atoms with E-state index in [4.69, 9.17) is 16.7 Å². The van der Waals surface area contributed by atoms with Crippen LogP contribution >= 0.6 is 11.6 Å². The molecule has 4 heteroatoms. The number of aliphatic hydroxyl groups is 1. The van der Waals surface area contributed by atoms with Gasteiger partial charge in [0, 0.05) is 0 Å². The number of halogens is 1. The lowest BCUT2D eigenvalue weighted by Gasteiger charge is -2.14. The Labute approximate surface area is 96.4 Å². The summed E-state index contributed by atoms with van der Waals surface area (Å²) in [5.74, 6) is -1.00. The van der Waals surface area contributed by atoms with Gasteiger partial charge in [0.05, 0.1) is 17.9 Å². The molecule has 0 aromatic carbocycles. The van der Waals surface area contributed by atoms with Crippen LogP contribution in [-0.4, -0.2) is 27.7 Å². The van der Waals surface area contributed by atoms with Crippen molar-refractivity contribution in [1.82, 2.24) is 0 Å². The monoisotopic (exact) mass is 236 g/mol. The molecular weight excluding hydrogens is 216 g/mol. The third kappa shape index (κ3) is 8.70. The maximum absolute atomic E-state index is 10.3. The molecule has 0 aromatic rings. The minimum atomic E-state index is -1.00. The maximum atomic E-state index is 10.3. The summed E-state index contributed by atoms with van der Waals surface area (Å²) in [6, 6.07) is 0. The summed E-state index contributed by atoms with van der Waals surface area (Å²) >= 11 is 5.87. The number of unbranched alkanes of at least 4 members (excludes halogenated alkanes) is 4. The van der Waals surface area contributed by atoms with Gasteiger partial charge in [-0.25, -0.2) is 0 Å². The van der Waals surface area contributed by atoms with E-state index >= 15 is 0 Å². The van der Waals surface area contributed by atoms with E-state index in [9.17, 15) is 9.90 Å². The minimum Gasteiger partial charge on any atom is -0.481 e. The third-order valence-corrected chi connectivity index (χ3v) is 2.89. The van der Waals surface area contributed by atoms with E-state index in [0.717, 1.165) is 12.8 Å². The first kappa shape index (κ1) is 14.7. The van der Waals surface area contributed by atoms with E-state index < -0.39 is 17.5 Å². The van der Waals surface area contributed by atoms with Crippen LogP contribution in [-0.2, 0) is 4.79 Å². The molecule has 2 atom stereocenters. The first-order valence-corrected chi connectivity index (χ1v) is 6.05. The lowest BCUT2D eigenvalue weighted by Crippen LogP contribution is -2.24. The van der Waals surface area contributed by atoms with Crippen LogP contribution < -0.4 is 0 Å². The largest absolute Gasteiger partial charge is 0.481 e. The van der Waals surface area contributed by atoms with Gasteiger partial charge < -0.3 is 10.2 Å². The normalized spacial score (nSPS) is 14.9. The van der Waals surface area contributed by atoms with Crippen molar-refractivity contribution in [2.24, 2.45) is 0 Å². The van der Waals surface area contributed by atoms with Crippen molar-refractivity contribution in [3.63, 3.8) is 0 Å². The Morgan fingerprint density at radius 2 is 1.87 bits per heavy atom. The minimum absolute atomic E-state index is 0.261. The molecule has 2 N–H and O–H groups in total. The van der Waals surface area contributed by atoms with Gasteiger partial charge in [0.25, 0.3) is 0 Å². The zero-order valence-electron chi connectivity index (χ0n) is 9.29. The van der Waals surface area contributed by atoms with Crippen LogP contribution in [0.4, 0.5) is 0 Å². The Bertz CT molecular complexity index is 173. The Morgan fingerprint density at radius 3 is 2.40 bits per heavy atom. The lowest BCUT2D eigenvalue weighted by atomic mass is 10.1. The Kier molecular flexibility index (Phi) is 8.82. The van der Waals surface area contributed by atoms with Gasteiger partial charge in [0.1, 0.15) is 0 Å². The summed E-state index contributed by atoms with van der Waals surface area (Å²) in [7, 11) is 0. The van der Waals surface area contributed by atoms with Crippen molar-refractivity contribution in [1.29, 1.82) is 0 Å². The van der Waals surface area contributed by atoms with Gasteiger partial charge in [-0.15, -0.1) is 11.6 Å². The molecule has 0 saturated carbocycles. The highest BCUT2D eigenvalue weighted by atomic mass is 35.5. The maximum Gasteiger partial charge on any atom is 0.306 e. The molecule has 0 aliphatic heterocycles. The molecule has 0 amide bonds. The second-order valence-corrected chi connectivity index (χ2v) is 4.44. The second-order valence-electron chi connectivity index (χ2n) is 3.88. The molecule has 90 valence electrons. The highest BCUT2D eigenvalue weighted by Crippen LogP contribution is 2.16. The molecule has 0 aliphatic carbocycles. The summed E-state index contributed by atoms with van der Waals surface area (Å²) in [6.45, 7) is 2.15. The number of aliphatic hydroxyl groups excluding tert-OH is 1. The summed E-state index contributed by atoms with van der Waals surface area (Å²) < 4.78 is 0. The van der Waals surface area contributed by atoms with E-state index in [1.165, 1.54) is 19.3 Å². The molecule has 2 unspecified atom stereocenters. The predicted molar refractivity (Wildman–Crippen MR) is 61.3 cm³/mol. The van der Waals surface area contributed by atoms with Crippen molar-refractivity contribution in [3.8, 4) is 0 Å². The summed E-state index contributed by atoms with van der Waals surface area (Å²) in [5, 5.41) is 17.4. The van der Waals surface area contributed by atoms with Crippen molar-refractivity contribution >= 4 is 17.6 Å². The van der Waals surface area contributed by atoms with Crippen LogP contribution in [0.2, 0.25) is 0 Å². The quantitative estimate of drug-likeness (QED) is 0.478. The number of rotatable bonds is 9. The van der Waals surface area contributed by atoms with E-state index in [0.29, 0.717) is 6.42 Å². The van der Waals surface area contributed by atoms with Crippen molar-refractivity contribution in [2.75, 3.05) is 0 Å². The predicted octanol–water partition coefficient (Wildman–Crippen LogP) is 2.79. The zero-order valence-corrected chi connectivity index (χ0v) is 10.0. The smallest absolute Gasteiger partial charge is 0.306 e. The molecule has 0 aromatic heterocycles. The molecule has 0 radical (unpaired) electrons. The SMILES string of the molecule is CCCCCCCC(Cl)C(O)CC(=O)O. The standard InChI is InChI=1S/C11H21ClO3/c1-2-3-4-5-6-7-9(12)10(13)8-11(14)15/h9-10,13H,2-8H2,1H3,(H,14,15). The van der Waals surface area contributed by atoms with E-state index in [1.54, 1.807) is 0 Å². The van der Waals surface area contributed by atoms with Crippen molar-refractivity contribution in [2.45, 2.75) is 63.4 Å². The van der Waals surface area contributed by atoms with Gasteiger partial charge >= 0.3 is 5.97 Å². The molecule has 0 spiro atoms. The number of carboxylic acid groups (broad SMARTS) is 1. The van der Waals surface area contributed by atoms with Crippen LogP contribution in [0.25, 0.3) is 0 Å². The number of carbonyl (C=O) groups is 1. The van der Waals surface area contributed by atoms with Gasteiger partial charge in [-0.2, -0.15) is 0 Å². The van der Waals surface area contributed by atoms with E-state index in [-0.39, 0.29) is 6.42 Å². The number of alkyl halides is 1. The van der Waals surface area contributed by atoms with Gasteiger partial charge in [-0.3, -0.25) is 4.79 Å². The van der Waals surface area contributed by atoms with Crippen LogP contribution in [0, 0.1) is 0 Å². The molecule has 0 aliphatic rings. The number of carboxylic acids is 1. The molecule has 0 fully saturated rings. The number of aliphatic carboxylic acids is 1. The lowest BCUT2D eigenvalue weighted by molar-refractivity contribution is -0.139. The van der Waals surface area contributed by atoms with Crippen LogP contribution in [0.1, 0.15) is 51.9 Å². The van der Waals surface area contributed by atoms with Crippen LogP contribution in [0.5, 0.6) is 0 Å². The summed E-state index contributed by atoms with van der Waals surface area (Å²) in [6.07, 6.45) is 5.20. The fourth-order valence-electron chi connectivity index (χ4n) is 1.44. The van der Waals surface area contributed by atoms with Crippen molar-refractivity contribution in [3.05, 3.63) is 0 Å². The molecule has 0 heterocycles. The average molecular weight is 237 g/mol. The van der Waals surface area contributed by atoms with Crippen LogP contribution in [0.3, 0.4) is 0 Å². The second kappa shape index (κ2) is 8.98. The van der Waals surface area contributed by atoms with Gasteiger partial charge in [0.15, 0.2) is 0 Å². The Morgan fingerprint density at radius 1 is 1.27 bits per heavy atom.